The van der Waals surface area contributed by atoms with Crippen molar-refractivity contribution in [3.63, 3.8) is 0 Å². The highest BCUT2D eigenvalue weighted by molar-refractivity contribution is 5.48. The van der Waals surface area contributed by atoms with E-state index < -0.39 is 0 Å². The number of nitrogens with zero attached hydrogens (tertiary/aromatic N) is 3. The molecule has 1 heterocycles. The number of anilines is 2. The maximum absolute atomic E-state index is 5.83. The van der Waals surface area contributed by atoms with Gasteiger partial charge in [-0.05, 0) is 19.8 Å². The minimum absolute atomic E-state index is 0.320. The third-order valence-electron chi connectivity index (χ3n) is 2.89. The minimum Gasteiger partial charge on any atom is -0.384 e. The molecule has 1 aromatic heterocycles. The fourth-order valence-corrected chi connectivity index (χ4v) is 1.87. The summed E-state index contributed by atoms with van der Waals surface area (Å²) in [5.74, 6) is 2.73. The molecule has 16 heavy (non-hydrogen) atoms. The van der Waals surface area contributed by atoms with Crippen LogP contribution in [0.5, 0.6) is 0 Å². The maximum Gasteiger partial charge on any atom is 0.135 e. The van der Waals surface area contributed by atoms with Gasteiger partial charge in [0.1, 0.15) is 17.5 Å². The Labute approximate surface area is 96.9 Å². The number of aromatic nitrogens is 2. The van der Waals surface area contributed by atoms with Gasteiger partial charge < -0.3 is 10.6 Å². The Morgan fingerprint density at radius 1 is 1.44 bits per heavy atom. The zero-order valence-corrected chi connectivity index (χ0v) is 10.3. The molecule has 0 aromatic carbocycles. The fraction of sp³-hybridized carbons (Fsp3) is 0.667. The van der Waals surface area contributed by atoms with Crippen molar-refractivity contribution in [1.82, 2.24) is 9.97 Å². The Morgan fingerprint density at radius 3 is 2.62 bits per heavy atom. The second kappa shape index (κ2) is 4.28. The van der Waals surface area contributed by atoms with Gasteiger partial charge in [-0.2, -0.15) is 0 Å². The Bertz CT molecular complexity index is 371. The van der Waals surface area contributed by atoms with Gasteiger partial charge in [-0.3, -0.25) is 0 Å². The molecule has 0 radical (unpaired) electrons. The lowest BCUT2D eigenvalue weighted by molar-refractivity contribution is 0.748. The molecule has 0 bridgehead atoms. The van der Waals surface area contributed by atoms with Crippen LogP contribution in [0, 0.1) is 0 Å². The van der Waals surface area contributed by atoms with E-state index in [-0.39, 0.29) is 0 Å². The van der Waals surface area contributed by atoms with Crippen molar-refractivity contribution in [2.24, 2.45) is 0 Å². The van der Waals surface area contributed by atoms with E-state index in [1.54, 1.807) is 0 Å². The average Bonchev–Trinajstić information content (AvgIpc) is 3.02. The summed E-state index contributed by atoms with van der Waals surface area (Å²) in [5.41, 5.74) is 5.83. The molecule has 2 N–H and O–H groups in total. The van der Waals surface area contributed by atoms with Gasteiger partial charge in [0.15, 0.2) is 0 Å². The SMILES string of the molecule is CCN(c1cc(N)nc(C(C)C)n1)C1CC1. The van der Waals surface area contributed by atoms with Crippen molar-refractivity contribution in [3.8, 4) is 0 Å². The topological polar surface area (TPSA) is 55.0 Å². The maximum atomic E-state index is 5.83. The van der Waals surface area contributed by atoms with Crippen LogP contribution in [0.15, 0.2) is 6.07 Å². The van der Waals surface area contributed by atoms with Crippen molar-refractivity contribution in [1.29, 1.82) is 0 Å². The summed E-state index contributed by atoms with van der Waals surface area (Å²) < 4.78 is 0. The number of rotatable bonds is 4. The minimum atomic E-state index is 0.320. The zero-order chi connectivity index (χ0) is 11.7. The molecule has 0 amide bonds. The van der Waals surface area contributed by atoms with E-state index in [1.165, 1.54) is 12.8 Å². The Balaban J connectivity index is 2.31. The molecule has 1 fully saturated rings. The van der Waals surface area contributed by atoms with Crippen LogP contribution in [0.4, 0.5) is 11.6 Å². The van der Waals surface area contributed by atoms with Crippen LogP contribution in [0.3, 0.4) is 0 Å². The standard InChI is InChI=1S/C12H20N4/c1-4-16(9-5-6-9)11-7-10(13)14-12(15-11)8(2)3/h7-9H,4-6H2,1-3H3,(H2,13,14,15). The number of hydrogen-bond donors (Lipinski definition) is 1. The Hall–Kier alpha value is -1.32. The quantitative estimate of drug-likeness (QED) is 0.845. The molecule has 1 aromatic rings. The molecule has 0 spiro atoms. The van der Waals surface area contributed by atoms with Crippen molar-refractivity contribution in [2.45, 2.75) is 45.6 Å². The molecule has 1 aliphatic rings. The summed E-state index contributed by atoms with van der Waals surface area (Å²) in [6.07, 6.45) is 2.55. The highest BCUT2D eigenvalue weighted by Crippen LogP contribution is 2.31. The van der Waals surface area contributed by atoms with E-state index in [2.05, 4.69) is 35.6 Å². The van der Waals surface area contributed by atoms with Crippen molar-refractivity contribution in [2.75, 3.05) is 17.2 Å². The number of nitrogen functional groups attached to an aromatic ring is 1. The molecule has 1 saturated carbocycles. The Kier molecular flexibility index (Phi) is 2.99. The summed E-state index contributed by atoms with van der Waals surface area (Å²) in [5, 5.41) is 0. The predicted molar refractivity (Wildman–Crippen MR) is 66.6 cm³/mol. The van der Waals surface area contributed by atoms with Gasteiger partial charge in [-0.1, -0.05) is 13.8 Å². The highest BCUT2D eigenvalue weighted by atomic mass is 15.2. The molecule has 0 unspecified atom stereocenters. The second-order valence-electron chi connectivity index (χ2n) is 4.68. The number of nitrogens with two attached hydrogens (primary N) is 1. The molecular weight excluding hydrogens is 200 g/mol. The van der Waals surface area contributed by atoms with Crippen LogP contribution < -0.4 is 10.6 Å². The largest absolute Gasteiger partial charge is 0.384 e. The van der Waals surface area contributed by atoms with E-state index in [1.807, 2.05) is 6.07 Å². The van der Waals surface area contributed by atoms with E-state index >= 15 is 0 Å². The van der Waals surface area contributed by atoms with Crippen LogP contribution >= 0.6 is 0 Å². The Morgan fingerprint density at radius 2 is 2.12 bits per heavy atom. The first-order valence-electron chi connectivity index (χ1n) is 6.03. The lowest BCUT2D eigenvalue weighted by Gasteiger charge is -2.22. The third-order valence-corrected chi connectivity index (χ3v) is 2.89. The molecule has 0 aliphatic heterocycles. The zero-order valence-electron chi connectivity index (χ0n) is 10.3. The molecule has 0 saturated heterocycles. The van der Waals surface area contributed by atoms with Crippen molar-refractivity contribution >= 4 is 11.6 Å². The molecular formula is C12H20N4. The monoisotopic (exact) mass is 220 g/mol. The summed E-state index contributed by atoms with van der Waals surface area (Å²) in [6, 6.07) is 2.55. The first-order valence-corrected chi connectivity index (χ1v) is 6.03. The molecule has 88 valence electrons. The lowest BCUT2D eigenvalue weighted by Crippen LogP contribution is -2.26. The molecule has 1 aliphatic carbocycles. The van der Waals surface area contributed by atoms with Crippen molar-refractivity contribution < 1.29 is 0 Å². The molecule has 2 rings (SSSR count). The van der Waals surface area contributed by atoms with Crippen LogP contribution in [0.2, 0.25) is 0 Å². The van der Waals surface area contributed by atoms with Crippen LogP contribution in [0.25, 0.3) is 0 Å². The normalized spacial score (nSPS) is 15.5. The van der Waals surface area contributed by atoms with Crippen LogP contribution in [0.1, 0.15) is 45.4 Å². The fourth-order valence-electron chi connectivity index (χ4n) is 1.87. The van der Waals surface area contributed by atoms with Gasteiger partial charge >= 0.3 is 0 Å². The van der Waals surface area contributed by atoms with Gasteiger partial charge in [-0.15, -0.1) is 0 Å². The van der Waals surface area contributed by atoms with E-state index in [9.17, 15) is 0 Å². The van der Waals surface area contributed by atoms with Crippen LogP contribution in [-0.4, -0.2) is 22.6 Å². The summed E-state index contributed by atoms with van der Waals surface area (Å²) in [7, 11) is 0. The van der Waals surface area contributed by atoms with E-state index in [4.69, 9.17) is 5.73 Å². The predicted octanol–water partition coefficient (Wildman–Crippen LogP) is 2.17. The van der Waals surface area contributed by atoms with Gasteiger partial charge in [0.25, 0.3) is 0 Å². The summed E-state index contributed by atoms with van der Waals surface area (Å²) >= 11 is 0. The van der Waals surface area contributed by atoms with E-state index in [0.29, 0.717) is 17.8 Å². The van der Waals surface area contributed by atoms with Gasteiger partial charge in [0.2, 0.25) is 0 Å². The van der Waals surface area contributed by atoms with Gasteiger partial charge in [0.05, 0.1) is 0 Å². The molecule has 4 heteroatoms. The first-order chi connectivity index (χ1) is 7.61. The van der Waals surface area contributed by atoms with Crippen molar-refractivity contribution in [3.05, 3.63) is 11.9 Å². The number of hydrogen-bond acceptors (Lipinski definition) is 4. The molecule has 0 atom stereocenters. The first kappa shape index (κ1) is 11.2. The van der Waals surface area contributed by atoms with Crippen LogP contribution in [-0.2, 0) is 0 Å². The van der Waals surface area contributed by atoms with Gasteiger partial charge in [0, 0.05) is 24.6 Å². The molecule has 4 nitrogen and oxygen atoms in total. The highest BCUT2D eigenvalue weighted by Gasteiger charge is 2.29. The second-order valence-corrected chi connectivity index (χ2v) is 4.68. The summed E-state index contributed by atoms with van der Waals surface area (Å²) in [6.45, 7) is 7.32. The van der Waals surface area contributed by atoms with Gasteiger partial charge in [-0.25, -0.2) is 9.97 Å². The smallest absolute Gasteiger partial charge is 0.135 e. The van der Waals surface area contributed by atoms with E-state index in [0.717, 1.165) is 18.2 Å². The average molecular weight is 220 g/mol. The third kappa shape index (κ3) is 2.26. The summed E-state index contributed by atoms with van der Waals surface area (Å²) in [4.78, 5) is 11.2. The lowest BCUT2D eigenvalue weighted by atomic mass is 10.2.